The number of benzene rings is 1. The maximum atomic E-state index is 12.3. The maximum Gasteiger partial charge on any atom is 0.264 e. The third-order valence-electron chi connectivity index (χ3n) is 3.46. The fraction of sp³-hybridized carbons (Fsp3) is 0.250. The molecule has 0 aliphatic heterocycles. The first-order valence-corrected chi connectivity index (χ1v) is 8.11. The number of nitrogens with two attached hydrogens (primary N) is 2. The van der Waals surface area contributed by atoms with Crippen LogP contribution in [0.1, 0.15) is 27.9 Å². The molecule has 3 amide bonds. The summed E-state index contributed by atoms with van der Waals surface area (Å²) in [4.78, 5) is 39.3. The topological polar surface area (TPSA) is 128 Å². The van der Waals surface area contributed by atoms with Gasteiger partial charge in [0.05, 0.1) is 5.69 Å². The molecule has 7 nitrogen and oxygen atoms in total. The Morgan fingerprint density at radius 2 is 1.75 bits per heavy atom. The summed E-state index contributed by atoms with van der Waals surface area (Å²) < 4.78 is 0. The van der Waals surface area contributed by atoms with Crippen LogP contribution in [0.5, 0.6) is 0 Å². The van der Waals surface area contributed by atoms with Gasteiger partial charge in [0.1, 0.15) is 9.88 Å². The van der Waals surface area contributed by atoms with Gasteiger partial charge in [-0.1, -0.05) is 31.2 Å². The molecule has 0 unspecified atom stereocenters. The number of nitrogens with one attached hydrogen (secondary N) is 1. The van der Waals surface area contributed by atoms with Gasteiger partial charge in [-0.3, -0.25) is 14.4 Å². The minimum Gasteiger partial charge on any atom is -0.367 e. The van der Waals surface area contributed by atoms with Crippen LogP contribution in [0.3, 0.4) is 0 Å². The van der Waals surface area contributed by atoms with Crippen LogP contribution in [0.4, 0.5) is 0 Å². The average molecular weight is 346 g/mol. The first kappa shape index (κ1) is 17.6. The van der Waals surface area contributed by atoms with Crippen molar-refractivity contribution in [1.29, 1.82) is 0 Å². The van der Waals surface area contributed by atoms with Gasteiger partial charge in [-0.05, 0) is 18.9 Å². The van der Waals surface area contributed by atoms with Crippen LogP contribution in [-0.2, 0) is 16.0 Å². The second-order valence-corrected chi connectivity index (χ2v) is 6.19. The van der Waals surface area contributed by atoms with Crippen molar-refractivity contribution >= 4 is 29.1 Å². The molecule has 0 saturated carbocycles. The second kappa shape index (κ2) is 7.22. The lowest BCUT2D eigenvalue weighted by molar-refractivity contribution is -0.128. The Bertz CT molecular complexity index is 769. The minimum atomic E-state index is -1.55. The van der Waals surface area contributed by atoms with Crippen molar-refractivity contribution in [2.75, 3.05) is 0 Å². The zero-order chi connectivity index (χ0) is 17.9. The molecule has 0 saturated heterocycles. The molecule has 5 N–H and O–H groups in total. The van der Waals surface area contributed by atoms with E-state index in [1.807, 2.05) is 24.3 Å². The van der Waals surface area contributed by atoms with Crippen molar-refractivity contribution in [3.8, 4) is 10.6 Å². The van der Waals surface area contributed by atoms with E-state index in [0.717, 1.165) is 12.0 Å². The highest BCUT2D eigenvalue weighted by Gasteiger charge is 2.26. The number of thiazole rings is 1. The number of carbonyl (C=O) groups excluding carboxylic acids is 3. The van der Waals surface area contributed by atoms with Gasteiger partial charge in [0.15, 0.2) is 6.04 Å². The number of aryl methyl sites for hydroxylation is 2. The van der Waals surface area contributed by atoms with Gasteiger partial charge >= 0.3 is 0 Å². The molecule has 2 rings (SSSR count). The zero-order valence-corrected chi connectivity index (χ0v) is 14.1. The SMILES string of the molecule is CCc1ccc(-c2nc(C)c(C(=O)NC(C(N)=O)C(N)=O)s2)cc1. The van der Waals surface area contributed by atoms with E-state index in [2.05, 4.69) is 17.2 Å². The Kier molecular flexibility index (Phi) is 5.30. The molecule has 1 aromatic heterocycles. The Balaban J connectivity index is 2.25. The average Bonchev–Trinajstić information content (AvgIpc) is 2.93. The van der Waals surface area contributed by atoms with E-state index in [1.165, 1.54) is 16.9 Å². The Morgan fingerprint density at radius 1 is 1.17 bits per heavy atom. The number of hydrogen-bond donors (Lipinski definition) is 3. The third-order valence-corrected chi connectivity index (χ3v) is 4.66. The molecule has 0 fully saturated rings. The van der Waals surface area contributed by atoms with E-state index < -0.39 is 23.8 Å². The quantitative estimate of drug-likeness (QED) is 0.667. The van der Waals surface area contributed by atoms with Gasteiger partial charge in [-0.25, -0.2) is 4.98 Å². The molecule has 8 heteroatoms. The Hall–Kier alpha value is -2.74. The number of hydrogen-bond acceptors (Lipinski definition) is 5. The van der Waals surface area contributed by atoms with E-state index in [4.69, 9.17) is 11.5 Å². The number of nitrogens with zero attached hydrogens (tertiary/aromatic N) is 1. The molecule has 2 aromatic rings. The monoisotopic (exact) mass is 346 g/mol. The van der Waals surface area contributed by atoms with Gasteiger partial charge in [0, 0.05) is 5.56 Å². The lowest BCUT2D eigenvalue weighted by atomic mass is 10.1. The second-order valence-electron chi connectivity index (χ2n) is 5.20. The first-order chi connectivity index (χ1) is 11.3. The molecule has 24 heavy (non-hydrogen) atoms. The molecule has 126 valence electrons. The fourth-order valence-electron chi connectivity index (χ4n) is 2.09. The van der Waals surface area contributed by atoms with Crippen LogP contribution in [0.25, 0.3) is 10.6 Å². The summed E-state index contributed by atoms with van der Waals surface area (Å²) in [6.07, 6.45) is 0.937. The molecule has 0 atom stereocenters. The standard InChI is InChI=1S/C16H18N4O3S/c1-3-9-4-6-10(7-5-9)16-19-8(2)12(24-16)15(23)20-11(13(17)21)14(18)22/h4-7,11H,3H2,1-2H3,(H2,17,21)(H2,18,22)(H,20,23). The van der Waals surface area contributed by atoms with Crippen LogP contribution >= 0.6 is 11.3 Å². The van der Waals surface area contributed by atoms with Crippen molar-refractivity contribution in [3.05, 3.63) is 40.4 Å². The zero-order valence-electron chi connectivity index (χ0n) is 13.3. The molecular formula is C16H18N4O3S. The van der Waals surface area contributed by atoms with Crippen molar-refractivity contribution in [3.63, 3.8) is 0 Å². The number of aromatic nitrogens is 1. The highest BCUT2D eigenvalue weighted by molar-refractivity contribution is 7.17. The van der Waals surface area contributed by atoms with Crippen molar-refractivity contribution in [1.82, 2.24) is 10.3 Å². The van der Waals surface area contributed by atoms with Gasteiger partial charge < -0.3 is 16.8 Å². The van der Waals surface area contributed by atoms with Crippen LogP contribution in [0.2, 0.25) is 0 Å². The highest BCUT2D eigenvalue weighted by atomic mass is 32.1. The molecule has 1 heterocycles. The minimum absolute atomic E-state index is 0.303. The van der Waals surface area contributed by atoms with Crippen LogP contribution in [-0.4, -0.2) is 28.7 Å². The third kappa shape index (κ3) is 3.77. The summed E-state index contributed by atoms with van der Waals surface area (Å²) in [5, 5.41) is 2.91. The molecule has 1 aromatic carbocycles. The molecular weight excluding hydrogens is 328 g/mol. The maximum absolute atomic E-state index is 12.3. The lowest BCUT2D eigenvalue weighted by Crippen LogP contribution is -2.52. The van der Waals surface area contributed by atoms with Crippen LogP contribution in [0.15, 0.2) is 24.3 Å². The number of rotatable bonds is 6. The summed E-state index contributed by atoms with van der Waals surface area (Å²) in [6, 6.07) is 6.33. The number of carbonyl (C=O) groups is 3. The largest absolute Gasteiger partial charge is 0.367 e. The van der Waals surface area contributed by atoms with Crippen molar-refractivity contribution in [2.24, 2.45) is 11.5 Å². The molecule has 0 spiro atoms. The van der Waals surface area contributed by atoms with Crippen LogP contribution < -0.4 is 16.8 Å². The highest BCUT2D eigenvalue weighted by Crippen LogP contribution is 2.28. The van der Waals surface area contributed by atoms with E-state index in [0.29, 0.717) is 15.6 Å². The summed E-state index contributed by atoms with van der Waals surface area (Å²) >= 11 is 1.17. The smallest absolute Gasteiger partial charge is 0.264 e. The predicted molar refractivity (Wildman–Crippen MR) is 91.3 cm³/mol. The summed E-state index contributed by atoms with van der Waals surface area (Å²) in [7, 11) is 0. The van der Waals surface area contributed by atoms with E-state index in [-0.39, 0.29) is 0 Å². The molecule has 0 bridgehead atoms. The molecule has 0 aliphatic rings. The Labute approximate surface area is 143 Å². The Morgan fingerprint density at radius 3 is 2.25 bits per heavy atom. The van der Waals surface area contributed by atoms with Gasteiger partial charge in [-0.15, -0.1) is 11.3 Å². The lowest BCUT2D eigenvalue weighted by Gasteiger charge is -2.10. The van der Waals surface area contributed by atoms with Crippen molar-refractivity contribution < 1.29 is 14.4 Å². The number of amides is 3. The van der Waals surface area contributed by atoms with E-state index in [1.54, 1.807) is 6.92 Å². The summed E-state index contributed by atoms with van der Waals surface area (Å²) in [5.41, 5.74) is 12.7. The predicted octanol–water partition coefficient (Wildman–Crippen LogP) is 0.750. The molecule has 0 radical (unpaired) electrons. The van der Waals surface area contributed by atoms with Crippen LogP contribution in [0, 0.1) is 6.92 Å². The van der Waals surface area contributed by atoms with E-state index in [9.17, 15) is 14.4 Å². The molecule has 0 aliphatic carbocycles. The van der Waals surface area contributed by atoms with Gasteiger partial charge in [-0.2, -0.15) is 0 Å². The van der Waals surface area contributed by atoms with Gasteiger partial charge in [0.2, 0.25) is 11.8 Å². The fourth-order valence-corrected chi connectivity index (χ4v) is 3.07. The van der Waals surface area contributed by atoms with Gasteiger partial charge in [0.25, 0.3) is 5.91 Å². The summed E-state index contributed by atoms with van der Waals surface area (Å²) in [6.45, 7) is 3.75. The number of primary amides is 2. The summed E-state index contributed by atoms with van der Waals surface area (Å²) in [5.74, 6) is -2.62. The first-order valence-electron chi connectivity index (χ1n) is 7.29. The van der Waals surface area contributed by atoms with Crippen molar-refractivity contribution in [2.45, 2.75) is 26.3 Å². The normalized spacial score (nSPS) is 10.6. The van der Waals surface area contributed by atoms with E-state index >= 15 is 0 Å².